The minimum Gasteiger partial charge on any atom is -0.341 e. The maximum absolute atomic E-state index is 12.4. The van der Waals surface area contributed by atoms with Gasteiger partial charge < -0.3 is 10.6 Å². The molecule has 0 aromatic heterocycles. The summed E-state index contributed by atoms with van der Waals surface area (Å²) in [6, 6.07) is 4.26. The van der Waals surface area contributed by atoms with Crippen LogP contribution in [0.4, 0.5) is 5.69 Å². The Kier molecular flexibility index (Phi) is 4.83. The van der Waals surface area contributed by atoms with E-state index in [0.717, 1.165) is 0 Å². The molecule has 2 N–H and O–H groups in total. The number of amides is 1. The van der Waals surface area contributed by atoms with Gasteiger partial charge in [0.05, 0.1) is 4.92 Å². The zero-order valence-corrected chi connectivity index (χ0v) is 12.3. The van der Waals surface area contributed by atoms with Gasteiger partial charge in [-0.05, 0) is 30.5 Å². The van der Waals surface area contributed by atoms with Gasteiger partial charge in [-0.25, -0.2) is 0 Å². The Labute approximate surface area is 118 Å². The van der Waals surface area contributed by atoms with Crippen LogP contribution in [0.5, 0.6) is 0 Å². The van der Waals surface area contributed by atoms with Crippen molar-refractivity contribution in [3.05, 3.63) is 39.4 Å². The second-order valence-electron chi connectivity index (χ2n) is 5.79. The summed E-state index contributed by atoms with van der Waals surface area (Å²) in [6.45, 7) is 6.67. The molecule has 0 unspecified atom stereocenters. The van der Waals surface area contributed by atoms with Crippen LogP contribution in [0.1, 0.15) is 29.8 Å². The average molecular weight is 279 g/mol. The number of aryl methyl sites for hydroxylation is 1. The minimum atomic E-state index is -0.470. The first-order valence-electron chi connectivity index (χ1n) is 6.38. The highest BCUT2D eigenvalue weighted by Gasteiger charge is 2.23. The molecule has 1 aromatic rings. The molecule has 1 amide bonds. The van der Waals surface area contributed by atoms with Crippen molar-refractivity contribution in [3.8, 4) is 0 Å². The van der Waals surface area contributed by atoms with E-state index >= 15 is 0 Å². The zero-order valence-electron chi connectivity index (χ0n) is 12.3. The number of benzene rings is 1. The van der Waals surface area contributed by atoms with Crippen LogP contribution in [0.15, 0.2) is 18.2 Å². The van der Waals surface area contributed by atoms with E-state index < -0.39 is 4.92 Å². The van der Waals surface area contributed by atoms with Crippen LogP contribution in [-0.2, 0) is 0 Å². The maximum Gasteiger partial charge on any atom is 0.269 e. The van der Waals surface area contributed by atoms with Crippen LogP contribution in [0, 0.1) is 22.5 Å². The van der Waals surface area contributed by atoms with E-state index in [9.17, 15) is 14.9 Å². The number of nitrogens with two attached hydrogens (primary N) is 1. The Morgan fingerprint density at radius 3 is 2.50 bits per heavy atom. The molecule has 0 aliphatic carbocycles. The lowest BCUT2D eigenvalue weighted by Gasteiger charge is -2.29. The summed E-state index contributed by atoms with van der Waals surface area (Å²) in [5, 5.41) is 10.7. The van der Waals surface area contributed by atoms with E-state index in [-0.39, 0.29) is 17.0 Å². The number of nitro groups is 1. The largest absolute Gasteiger partial charge is 0.341 e. The third-order valence-corrected chi connectivity index (χ3v) is 3.22. The number of non-ortho nitro benzene ring substituents is 1. The minimum absolute atomic E-state index is 0.0102. The molecule has 0 fully saturated rings. The highest BCUT2D eigenvalue weighted by atomic mass is 16.6. The van der Waals surface area contributed by atoms with Gasteiger partial charge in [-0.15, -0.1) is 0 Å². The lowest BCUT2D eigenvalue weighted by molar-refractivity contribution is -0.384. The Bertz CT molecular complexity index is 526. The number of carbonyl (C=O) groups is 1. The van der Waals surface area contributed by atoms with E-state index in [2.05, 4.69) is 0 Å². The fraction of sp³-hybridized carbons (Fsp3) is 0.500. The highest BCUT2D eigenvalue weighted by Crippen LogP contribution is 2.20. The fourth-order valence-electron chi connectivity index (χ4n) is 1.99. The zero-order chi connectivity index (χ0) is 15.5. The van der Waals surface area contributed by atoms with E-state index in [1.165, 1.54) is 18.2 Å². The highest BCUT2D eigenvalue weighted by molar-refractivity contribution is 5.95. The monoisotopic (exact) mass is 279 g/mol. The van der Waals surface area contributed by atoms with Crippen molar-refractivity contribution in [2.24, 2.45) is 11.1 Å². The number of hydrogen-bond acceptors (Lipinski definition) is 4. The summed E-state index contributed by atoms with van der Waals surface area (Å²) in [5.41, 5.74) is 6.56. The van der Waals surface area contributed by atoms with Crippen LogP contribution >= 0.6 is 0 Å². The van der Waals surface area contributed by atoms with Crippen LogP contribution in [-0.4, -0.2) is 35.9 Å². The number of nitro benzene ring substituents is 1. The van der Waals surface area contributed by atoms with Crippen molar-refractivity contribution < 1.29 is 9.72 Å². The van der Waals surface area contributed by atoms with Crippen molar-refractivity contribution in [2.45, 2.75) is 20.8 Å². The Morgan fingerprint density at radius 1 is 1.45 bits per heavy atom. The first kappa shape index (κ1) is 16.1. The second kappa shape index (κ2) is 6.00. The van der Waals surface area contributed by atoms with Crippen molar-refractivity contribution >= 4 is 11.6 Å². The van der Waals surface area contributed by atoms with Crippen LogP contribution in [0.3, 0.4) is 0 Å². The summed E-state index contributed by atoms with van der Waals surface area (Å²) in [6.07, 6.45) is 0. The normalized spacial score (nSPS) is 11.2. The van der Waals surface area contributed by atoms with Crippen LogP contribution in [0.2, 0.25) is 0 Å². The van der Waals surface area contributed by atoms with Crippen molar-refractivity contribution in [1.29, 1.82) is 0 Å². The van der Waals surface area contributed by atoms with Gasteiger partial charge in [-0.2, -0.15) is 0 Å². The molecule has 0 bridgehead atoms. The van der Waals surface area contributed by atoms with Crippen molar-refractivity contribution in [2.75, 3.05) is 20.1 Å². The van der Waals surface area contributed by atoms with E-state index in [1.807, 2.05) is 13.8 Å². The quantitative estimate of drug-likeness (QED) is 0.659. The van der Waals surface area contributed by atoms with Crippen molar-refractivity contribution in [3.63, 3.8) is 0 Å². The molecule has 1 rings (SSSR count). The number of carbonyl (C=O) groups excluding carboxylic acids is 1. The third kappa shape index (κ3) is 3.77. The molecule has 110 valence electrons. The lowest BCUT2D eigenvalue weighted by atomic mass is 9.93. The number of rotatable bonds is 5. The van der Waals surface area contributed by atoms with Crippen LogP contribution < -0.4 is 5.73 Å². The van der Waals surface area contributed by atoms with E-state index in [1.54, 1.807) is 18.9 Å². The molecular weight excluding hydrogens is 258 g/mol. The predicted molar refractivity (Wildman–Crippen MR) is 77.6 cm³/mol. The Morgan fingerprint density at radius 2 is 2.05 bits per heavy atom. The SMILES string of the molecule is Cc1cc([N+](=O)[O-])ccc1C(=O)N(C)CC(C)(C)CN. The molecule has 6 nitrogen and oxygen atoms in total. The molecule has 0 saturated carbocycles. The molecule has 20 heavy (non-hydrogen) atoms. The molecule has 0 heterocycles. The maximum atomic E-state index is 12.4. The first-order chi connectivity index (χ1) is 9.18. The fourth-order valence-corrected chi connectivity index (χ4v) is 1.99. The Balaban J connectivity index is 2.95. The first-order valence-corrected chi connectivity index (χ1v) is 6.38. The van der Waals surface area contributed by atoms with Gasteiger partial charge in [0.1, 0.15) is 0 Å². The average Bonchev–Trinajstić information content (AvgIpc) is 2.37. The summed E-state index contributed by atoms with van der Waals surface area (Å²) >= 11 is 0. The van der Waals surface area contributed by atoms with Gasteiger partial charge in [0.2, 0.25) is 0 Å². The van der Waals surface area contributed by atoms with Gasteiger partial charge in [-0.3, -0.25) is 14.9 Å². The summed E-state index contributed by atoms with van der Waals surface area (Å²) in [5.74, 6) is -0.154. The third-order valence-electron chi connectivity index (χ3n) is 3.22. The van der Waals surface area contributed by atoms with Gasteiger partial charge in [-0.1, -0.05) is 13.8 Å². The Hall–Kier alpha value is -1.95. The van der Waals surface area contributed by atoms with E-state index in [0.29, 0.717) is 24.2 Å². The summed E-state index contributed by atoms with van der Waals surface area (Å²) < 4.78 is 0. The molecule has 6 heteroatoms. The van der Waals surface area contributed by atoms with Gasteiger partial charge in [0.25, 0.3) is 11.6 Å². The van der Waals surface area contributed by atoms with Gasteiger partial charge in [0.15, 0.2) is 0 Å². The summed E-state index contributed by atoms with van der Waals surface area (Å²) in [7, 11) is 1.71. The molecule has 0 saturated heterocycles. The summed E-state index contributed by atoms with van der Waals surface area (Å²) in [4.78, 5) is 24.2. The van der Waals surface area contributed by atoms with Gasteiger partial charge >= 0.3 is 0 Å². The molecule has 0 aliphatic rings. The standard InChI is InChI=1S/C14H21N3O3/c1-10-7-11(17(19)20)5-6-12(10)13(18)16(4)9-14(2,3)8-15/h5-7H,8-9,15H2,1-4H3. The molecule has 1 aromatic carbocycles. The number of hydrogen-bond donors (Lipinski definition) is 1. The number of nitrogens with zero attached hydrogens (tertiary/aromatic N) is 2. The molecule has 0 aliphatic heterocycles. The van der Waals surface area contributed by atoms with Crippen LogP contribution in [0.25, 0.3) is 0 Å². The van der Waals surface area contributed by atoms with E-state index in [4.69, 9.17) is 5.73 Å². The van der Waals surface area contributed by atoms with Gasteiger partial charge in [0, 0.05) is 31.3 Å². The second-order valence-corrected chi connectivity index (χ2v) is 5.79. The molecule has 0 spiro atoms. The smallest absolute Gasteiger partial charge is 0.269 e. The molecule has 0 atom stereocenters. The molecule has 0 radical (unpaired) electrons. The topological polar surface area (TPSA) is 89.5 Å². The lowest BCUT2D eigenvalue weighted by Crippen LogP contribution is -2.40. The predicted octanol–water partition coefficient (Wildman–Crippen LogP) is 1.96. The van der Waals surface area contributed by atoms with Crippen molar-refractivity contribution in [1.82, 2.24) is 4.90 Å². The molecular formula is C14H21N3O3.